The zero-order valence-corrected chi connectivity index (χ0v) is 10.9. The first-order chi connectivity index (χ1) is 8.70. The summed E-state index contributed by atoms with van der Waals surface area (Å²) in [6, 6.07) is 10.0. The third kappa shape index (κ3) is 3.10. The van der Waals surface area contributed by atoms with Crippen molar-refractivity contribution in [2.45, 2.75) is 32.2 Å². The van der Waals surface area contributed by atoms with Crippen LogP contribution >= 0.6 is 0 Å². The number of carboxylic acid groups (broad SMARTS) is 1. The number of carbonyl (C=O) groups is 1. The Morgan fingerprint density at radius 1 is 1.39 bits per heavy atom. The van der Waals surface area contributed by atoms with Gasteiger partial charge in [-0.15, -0.1) is 0 Å². The van der Waals surface area contributed by atoms with Crippen LogP contribution in [0.15, 0.2) is 30.3 Å². The van der Waals surface area contributed by atoms with E-state index in [1.807, 2.05) is 30.3 Å². The molecule has 1 N–H and O–H groups in total. The number of hydrogen-bond donors (Lipinski definition) is 1. The third-order valence-electron chi connectivity index (χ3n) is 3.68. The Morgan fingerprint density at radius 3 is 2.61 bits per heavy atom. The van der Waals surface area contributed by atoms with Crippen molar-refractivity contribution in [1.82, 2.24) is 4.90 Å². The number of nitrogens with zero attached hydrogens (tertiary/aromatic N) is 1. The summed E-state index contributed by atoms with van der Waals surface area (Å²) < 4.78 is 0. The molecular weight excluding hydrogens is 226 g/mol. The van der Waals surface area contributed by atoms with Gasteiger partial charge in [0.1, 0.15) is 0 Å². The van der Waals surface area contributed by atoms with Crippen LogP contribution in [0, 0.1) is 5.92 Å². The van der Waals surface area contributed by atoms with Crippen LogP contribution in [0.1, 0.15) is 37.8 Å². The van der Waals surface area contributed by atoms with Gasteiger partial charge in [-0.2, -0.15) is 0 Å². The van der Waals surface area contributed by atoms with Gasteiger partial charge >= 0.3 is 5.97 Å². The number of carboxylic acids is 1. The van der Waals surface area contributed by atoms with Gasteiger partial charge in [-0.1, -0.05) is 43.7 Å². The topological polar surface area (TPSA) is 40.5 Å². The van der Waals surface area contributed by atoms with Crippen molar-refractivity contribution in [3.63, 3.8) is 0 Å². The largest absolute Gasteiger partial charge is 0.481 e. The zero-order valence-electron chi connectivity index (χ0n) is 10.9. The van der Waals surface area contributed by atoms with Gasteiger partial charge in [0.15, 0.2) is 0 Å². The maximum atomic E-state index is 11.0. The minimum absolute atomic E-state index is 0.0387. The van der Waals surface area contributed by atoms with Crippen molar-refractivity contribution in [3.8, 4) is 0 Å². The van der Waals surface area contributed by atoms with Gasteiger partial charge in [-0.05, 0) is 17.9 Å². The summed E-state index contributed by atoms with van der Waals surface area (Å²) in [6.45, 7) is 4.29. The lowest BCUT2D eigenvalue weighted by molar-refractivity contribution is -0.139. The molecule has 0 aromatic heterocycles. The molecule has 1 aromatic rings. The molecule has 0 bridgehead atoms. The minimum Gasteiger partial charge on any atom is -0.481 e. The molecule has 1 aliphatic heterocycles. The standard InChI is InChI=1S/C15H21NO2/c1-2-6-12-10-16(11-12)14(9-15(17)18)13-7-4-3-5-8-13/h3-5,7-8,12,14H,2,6,9-11H2,1H3,(H,17,18). The fraction of sp³-hybridized carbons (Fsp3) is 0.533. The van der Waals surface area contributed by atoms with Gasteiger partial charge in [0.05, 0.1) is 6.42 Å². The predicted molar refractivity (Wildman–Crippen MR) is 71.4 cm³/mol. The highest BCUT2D eigenvalue weighted by Gasteiger charge is 2.33. The Kier molecular flexibility index (Phi) is 4.37. The van der Waals surface area contributed by atoms with Crippen molar-refractivity contribution >= 4 is 5.97 Å². The van der Waals surface area contributed by atoms with Gasteiger partial charge < -0.3 is 5.11 Å². The second kappa shape index (κ2) is 6.01. The molecule has 0 saturated carbocycles. The molecule has 3 heteroatoms. The molecular formula is C15H21NO2. The summed E-state index contributed by atoms with van der Waals surface area (Å²) in [5.74, 6) is 0.0396. The molecule has 18 heavy (non-hydrogen) atoms. The summed E-state index contributed by atoms with van der Waals surface area (Å²) in [6.07, 6.45) is 2.67. The summed E-state index contributed by atoms with van der Waals surface area (Å²) in [4.78, 5) is 13.3. The van der Waals surface area contributed by atoms with Gasteiger partial charge in [0.25, 0.3) is 0 Å². The number of benzene rings is 1. The molecule has 0 spiro atoms. The molecule has 1 aliphatic rings. The monoisotopic (exact) mass is 247 g/mol. The minimum atomic E-state index is -0.720. The molecule has 1 fully saturated rings. The number of aliphatic carboxylic acids is 1. The molecule has 1 heterocycles. The van der Waals surface area contributed by atoms with Gasteiger partial charge in [0.2, 0.25) is 0 Å². The number of likely N-dealkylation sites (tertiary alicyclic amines) is 1. The first-order valence-electron chi connectivity index (χ1n) is 6.71. The SMILES string of the molecule is CCCC1CN(C(CC(=O)O)c2ccccc2)C1. The lowest BCUT2D eigenvalue weighted by Crippen LogP contribution is -2.48. The van der Waals surface area contributed by atoms with E-state index in [1.54, 1.807) is 0 Å². The van der Waals surface area contributed by atoms with E-state index in [0.717, 1.165) is 24.6 Å². The Hall–Kier alpha value is -1.35. The van der Waals surface area contributed by atoms with Crippen molar-refractivity contribution in [3.05, 3.63) is 35.9 Å². The van der Waals surface area contributed by atoms with E-state index in [1.165, 1.54) is 12.8 Å². The van der Waals surface area contributed by atoms with E-state index in [-0.39, 0.29) is 12.5 Å². The second-order valence-electron chi connectivity index (χ2n) is 5.13. The van der Waals surface area contributed by atoms with Crippen molar-refractivity contribution in [2.24, 2.45) is 5.92 Å². The normalized spacial score (nSPS) is 18.3. The molecule has 1 unspecified atom stereocenters. The fourth-order valence-electron chi connectivity index (χ4n) is 2.75. The molecule has 0 aliphatic carbocycles. The number of hydrogen-bond acceptors (Lipinski definition) is 2. The Bertz CT molecular complexity index is 385. The molecule has 1 atom stereocenters. The number of rotatable bonds is 6. The summed E-state index contributed by atoms with van der Waals surface area (Å²) in [5, 5.41) is 9.06. The van der Waals surface area contributed by atoms with Crippen LogP contribution in [0.4, 0.5) is 0 Å². The molecule has 1 saturated heterocycles. The van der Waals surface area contributed by atoms with Crippen molar-refractivity contribution in [2.75, 3.05) is 13.1 Å². The molecule has 2 rings (SSSR count). The van der Waals surface area contributed by atoms with Crippen LogP contribution in [0.5, 0.6) is 0 Å². The first-order valence-corrected chi connectivity index (χ1v) is 6.71. The Labute approximate surface area is 108 Å². The second-order valence-corrected chi connectivity index (χ2v) is 5.13. The highest BCUT2D eigenvalue weighted by Crippen LogP contribution is 2.32. The van der Waals surface area contributed by atoms with E-state index < -0.39 is 5.97 Å². The summed E-state index contributed by atoms with van der Waals surface area (Å²) >= 11 is 0. The third-order valence-corrected chi connectivity index (χ3v) is 3.68. The quantitative estimate of drug-likeness (QED) is 0.840. The van der Waals surface area contributed by atoms with E-state index in [2.05, 4.69) is 11.8 Å². The molecule has 1 aromatic carbocycles. The Morgan fingerprint density at radius 2 is 2.06 bits per heavy atom. The van der Waals surface area contributed by atoms with Crippen molar-refractivity contribution < 1.29 is 9.90 Å². The lowest BCUT2D eigenvalue weighted by Gasteiger charge is -2.44. The van der Waals surface area contributed by atoms with Crippen molar-refractivity contribution in [1.29, 1.82) is 0 Å². The highest BCUT2D eigenvalue weighted by molar-refractivity contribution is 5.68. The molecule has 0 radical (unpaired) electrons. The molecule has 3 nitrogen and oxygen atoms in total. The van der Waals surface area contributed by atoms with Gasteiger partial charge in [-0.3, -0.25) is 9.69 Å². The highest BCUT2D eigenvalue weighted by atomic mass is 16.4. The maximum absolute atomic E-state index is 11.0. The summed E-state index contributed by atoms with van der Waals surface area (Å²) in [5.41, 5.74) is 1.12. The van der Waals surface area contributed by atoms with Gasteiger partial charge in [-0.25, -0.2) is 0 Å². The molecule has 98 valence electrons. The van der Waals surface area contributed by atoms with Crippen LogP contribution in [0.25, 0.3) is 0 Å². The van der Waals surface area contributed by atoms with E-state index in [4.69, 9.17) is 5.11 Å². The lowest BCUT2D eigenvalue weighted by atomic mass is 9.90. The van der Waals surface area contributed by atoms with Crippen LogP contribution in [0.3, 0.4) is 0 Å². The van der Waals surface area contributed by atoms with Crippen LogP contribution in [0.2, 0.25) is 0 Å². The smallest absolute Gasteiger partial charge is 0.305 e. The fourth-order valence-corrected chi connectivity index (χ4v) is 2.75. The average molecular weight is 247 g/mol. The van der Waals surface area contributed by atoms with Crippen LogP contribution < -0.4 is 0 Å². The zero-order chi connectivity index (χ0) is 13.0. The van der Waals surface area contributed by atoms with E-state index >= 15 is 0 Å². The summed E-state index contributed by atoms with van der Waals surface area (Å²) in [7, 11) is 0. The molecule has 0 amide bonds. The Balaban J connectivity index is 2.01. The average Bonchev–Trinajstić information content (AvgIpc) is 2.32. The van der Waals surface area contributed by atoms with E-state index in [9.17, 15) is 4.79 Å². The van der Waals surface area contributed by atoms with Gasteiger partial charge in [0, 0.05) is 19.1 Å². The van der Waals surface area contributed by atoms with Crippen LogP contribution in [-0.4, -0.2) is 29.1 Å². The van der Waals surface area contributed by atoms with E-state index in [0.29, 0.717) is 0 Å². The predicted octanol–water partition coefficient (Wildman–Crippen LogP) is 2.93. The first kappa shape index (κ1) is 13.1. The maximum Gasteiger partial charge on any atom is 0.305 e. The van der Waals surface area contributed by atoms with Crippen LogP contribution in [-0.2, 0) is 4.79 Å².